The standard InChI is InChI=1S/C16H15BrClNO2S/c1-19(8-13-3-5-15(17)22-13)16(20)11-6-10-7-12(18)2-4-14(10)21-9-11/h2-5,7,11H,6,8-9H2,1H3/t11-/m0/s1. The summed E-state index contributed by atoms with van der Waals surface area (Å²) in [7, 11) is 1.84. The summed E-state index contributed by atoms with van der Waals surface area (Å²) >= 11 is 11.1. The molecule has 1 amide bonds. The maximum Gasteiger partial charge on any atom is 0.229 e. The minimum Gasteiger partial charge on any atom is -0.492 e. The number of fused-ring (bicyclic) bond motifs is 1. The van der Waals surface area contributed by atoms with E-state index in [1.54, 1.807) is 16.2 Å². The lowest BCUT2D eigenvalue weighted by molar-refractivity contribution is -0.136. The molecule has 0 unspecified atom stereocenters. The fraction of sp³-hybridized carbons (Fsp3) is 0.312. The van der Waals surface area contributed by atoms with Crippen molar-refractivity contribution < 1.29 is 9.53 Å². The van der Waals surface area contributed by atoms with E-state index in [0.717, 1.165) is 20.0 Å². The summed E-state index contributed by atoms with van der Waals surface area (Å²) in [5.41, 5.74) is 1.00. The van der Waals surface area contributed by atoms with Crippen molar-refractivity contribution in [3.63, 3.8) is 0 Å². The number of carbonyl (C=O) groups is 1. The van der Waals surface area contributed by atoms with Crippen LogP contribution in [0.5, 0.6) is 5.75 Å². The fourth-order valence-electron chi connectivity index (χ4n) is 2.58. The van der Waals surface area contributed by atoms with Crippen LogP contribution in [-0.2, 0) is 17.8 Å². The molecule has 1 aliphatic rings. The van der Waals surface area contributed by atoms with E-state index in [9.17, 15) is 4.79 Å². The first kappa shape index (κ1) is 15.8. The number of rotatable bonds is 3. The van der Waals surface area contributed by atoms with Gasteiger partial charge in [0.2, 0.25) is 5.91 Å². The summed E-state index contributed by atoms with van der Waals surface area (Å²) in [5, 5.41) is 0.673. The van der Waals surface area contributed by atoms with E-state index in [4.69, 9.17) is 16.3 Å². The number of hydrogen-bond acceptors (Lipinski definition) is 3. The van der Waals surface area contributed by atoms with Crippen LogP contribution in [0.25, 0.3) is 0 Å². The van der Waals surface area contributed by atoms with E-state index in [1.807, 2.05) is 37.4 Å². The van der Waals surface area contributed by atoms with Crippen LogP contribution in [0.4, 0.5) is 0 Å². The molecule has 0 fully saturated rings. The van der Waals surface area contributed by atoms with E-state index in [-0.39, 0.29) is 11.8 Å². The zero-order valence-corrected chi connectivity index (χ0v) is 15.2. The summed E-state index contributed by atoms with van der Waals surface area (Å²) in [6.07, 6.45) is 0.674. The normalized spacial score (nSPS) is 16.8. The van der Waals surface area contributed by atoms with Crippen LogP contribution in [-0.4, -0.2) is 24.5 Å². The molecule has 0 N–H and O–H groups in total. The first-order chi connectivity index (χ1) is 10.5. The minimum atomic E-state index is -0.153. The highest BCUT2D eigenvalue weighted by molar-refractivity contribution is 9.11. The molecule has 116 valence electrons. The quantitative estimate of drug-likeness (QED) is 0.765. The number of carbonyl (C=O) groups excluding carboxylic acids is 1. The van der Waals surface area contributed by atoms with Gasteiger partial charge in [0.05, 0.1) is 16.2 Å². The van der Waals surface area contributed by atoms with Gasteiger partial charge in [-0.25, -0.2) is 0 Å². The number of halogens is 2. The van der Waals surface area contributed by atoms with Gasteiger partial charge in [-0.2, -0.15) is 0 Å². The molecule has 1 atom stereocenters. The smallest absolute Gasteiger partial charge is 0.229 e. The van der Waals surface area contributed by atoms with Crippen LogP contribution >= 0.6 is 38.9 Å². The Balaban J connectivity index is 1.68. The van der Waals surface area contributed by atoms with Crippen LogP contribution < -0.4 is 4.74 Å². The molecule has 0 saturated carbocycles. The molecule has 3 nitrogen and oxygen atoms in total. The monoisotopic (exact) mass is 399 g/mol. The van der Waals surface area contributed by atoms with Crippen molar-refractivity contribution in [3.05, 3.63) is 49.6 Å². The van der Waals surface area contributed by atoms with Gasteiger partial charge in [-0.15, -0.1) is 11.3 Å². The second-order valence-corrected chi connectivity index (χ2v) is 8.35. The van der Waals surface area contributed by atoms with Crippen molar-refractivity contribution in [1.82, 2.24) is 4.90 Å². The number of thiophene rings is 1. The zero-order chi connectivity index (χ0) is 15.7. The zero-order valence-electron chi connectivity index (χ0n) is 12.0. The summed E-state index contributed by atoms with van der Waals surface area (Å²) in [6.45, 7) is 1.04. The number of amides is 1. The highest BCUT2D eigenvalue weighted by Gasteiger charge is 2.28. The third-order valence-electron chi connectivity index (χ3n) is 3.68. The molecule has 0 aliphatic carbocycles. The first-order valence-corrected chi connectivity index (χ1v) is 8.92. The van der Waals surface area contributed by atoms with Gasteiger partial charge in [-0.05, 0) is 58.2 Å². The van der Waals surface area contributed by atoms with Gasteiger partial charge < -0.3 is 9.64 Å². The maximum absolute atomic E-state index is 12.6. The van der Waals surface area contributed by atoms with E-state index < -0.39 is 0 Å². The van der Waals surface area contributed by atoms with Crippen LogP contribution in [0, 0.1) is 5.92 Å². The number of ether oxygens (including phenoxy) is 1. The topological polar surface area (TPSA) is 29.5 Å². The first-order valence-electron chi connectivity index (χ1n) is 6.93. The van der Waals surface area contributed by atoms with E-state index in [1.165, 1.54) is 0 Å². The largest absolute Gasteiger partial charge is 0.492 e. The van der Waals surface area contributed by atoms with Crippen molar-refractivity contribution >= 4 is 44.8 Å². The molecule has 2 aromatic rings. The van der Waals surface area contributed by atoms with Gasteiger partial charge in [0, 0.05) is 16.9 Å². The third kappa shape index (κ3) is 3.47. The molecule has 1 aromatic carbocycles. The molecular formula is C16H15BrClNO2S. The lowest BCUT2D eigenvalue weighted by Gasteiger charge is -2.28. The molecule has 0 bridgehead atoms. The molecule has 2 heterocycles. The highest BCUT2D eigenvalue weighted by atomic mass is 79.9. The molecule has 6 heteroatoms. The molecule has 22 heavy (non-hydrogen) atoms. The van der Waals surface area contributed by atoms with E-state index in [0.29, 0.717) is 24.6 Å². The Morgan fingerprint density at radius 3 is 3.00 bits per heavy atom. The highest BCUT2D eigenvalue weighted by Crippen LogP contribution is 2.31. The van der Waals surface area contributed by atoms with Crippen molar-refractivity contribution in [2.45, 2.75) is 13.0 Å². The Labute approximate surface area is 147 Å². The van der Waals surface area contributed by atoms with Crippen molar-refractivity contribution in [3.8, 4) is 5.75 Å². The summed E-state index contributed by atoms with van der Waals surface area (Å²) in [4.78, 5) is 15.5. The van der Waals surface area contributed by atoms with Gasteiger partial charge in [-0.3, -0.25) is 4.79 Å². The van der Waals surface area contributed by atoms with Crippen LogP contribution in [0.1, 0.15) is 10.4 Å². The van der Waals surface area contributed by atoms with Gasteiger partial charge in [0.25, 0.3) is 0 Å². The molecule has 0 radical (unpaired) electrons. The van der Waals surface area contributed by atoms with Crippen molar-refractivity contribution in [1.29, 1.82) is 0 Å². The number of benzene rings is 1. The van der Waals surface area contributed by atoms with Crippen LogP contribution in [0.15, 0.2) is 34.1 Å². The average molecular weight is 401 g/mol. The Morgan fingerprint density at radius 2 is 2.27 bits per heavy atom. The Hall–Kier alpha value is -1.04. The molecular weight excluding hydrogens is 386 g/mol. The van der Waals surface area contributed by atoms with Gasteiger partial charge in [0.15, 0.2) is 0 Å². The Morgan fingerprint density at radius 1 is 1.45 bits per heavy atom. The fourth-order valence-corrected chi connectivity index (χ4v) is 4.31. The maximum atomic E-state index is 12.6. The van der Waals surface area contributed by atoms with Crippen molar-refractivity contribution in [2.75, 3.05) is 13.7 Å². The predicted molar refractivity (Wildman–Crippen MR) is 92.6 cm³/mol. The second-order valence-electron chi connectivity index (χ2n) is 5.36. The van der Waals surface area contributed by atoms with E-state index >= 15 is 0 Å². The molecule has 3 rings (SSSR count). The Bertz CT molecular complexity index is 703. The average Bonchev–Trinajstić information content (AvgIpc) is 2.90. The van der Waals surface area contributed by atoms with Crippen LogP contribution in [0.2, 0.25) is 5.02 Å². The predicted octanol–water partition coefficient (Wildman–Crippen LogP) is 4.37. The summed E-state index contributed by atoms with van der Waals surface area (Å²) in [6, 6.07) is 9.59. The summed E-state index contributed by atoms with van der Waals surface area (Å²) < 4.78 is 6.78. The molecule has 0 saturated heterocycles. The van der Waals surface area contributed by atoms with Gasteiger partial charge in [0.1, 0.15) is 12.4 Å². The number of nitrogens with zero attached hydrogens (tertiary/aromatic N) is 1. The van der Waals surface area contributed by atoms with Gasteiger partial charge >= 0.3 is 0 Å². The molecule has 1 aromatic heterocycles. The van der Waals surface area contributed by atoms with E-state index in [2.05, 4.69) is 15.9 Å². The van der Waals surface area contributed by atoms with Gasteiger partial charge in [-0.1, -0.05) is 11.6 Å². The summed E-state index contributed by atoms with van der Waals surface area (Å²) in [5.74, 6) is 0.785. The number of hydrogen-bond donors (Lipinski definition) is 0. The minimum absolute atomic E-state index is 0.107. The third-order valence-corrected chi connectivity index (χ3v) is 5.52. The Kier molecular flexibility index (Phi) is 4.76. The van der Waals surface area contributed by atoms with Crippen LogP contribution in [0.3, 0.4) is 0 Å². The SMILES string of the molecule is CN(Cc1ccc(Br)s1)C(=O)[C@@H]1COc2ccc(Cl)cc2C1. The lowest BCUT2D eigenvalue weighted by atomic mass is 9.95. The second kappa shape index (κ2) is 6.60. The van der Waals surface area contributed by atoms with Crippen molar-refractivity contribution in [2.24, 2.45) is 5.92 Å². The molecule has 0 spiro atoms. The molecule has 1 aliphatic heterocycles. The lowest BCUT2D eigenvalue weighted by Crippen LogP contribution is -2.38.